The largest absolute Gasteiger partial charge is 0.378 e. The van der Waals surface area contributed by atoms with Crippen LogP contribution >= 0.6 is 11.6 Å². The van der Waals surface area contributed by atoms with Gasteiger partial charge < -0.3 is 19.3 Å². The number of aromatic nitrogens is 3. The third kappa shape index (κ3) is 2.91. The van der Waals surface area contributed by atoms with E-state index in [1.54, 1.807) is 6.20 Å². The second kappa shape index (κ2) is 6.43. The summed E-state index contributed by atoms with van der Waals surface area (Å²) >= 11 is 6.40. The summed E-state index contributed by atoms with van der Waals surface area (Å²) in [4.78, 5) is 17.9. The normalized spacial score (nSPS) is 19.3. The molecule has 23 heavy (non-hydrogen) atoms. The Morgan fingerprint density at radius 3 is 2.22 bits per heavy atom. The minimum absolute atomic E-state index is 0.444. The number of hydrogen-bond donors (Lipinski definition) is 0. The number of ether oxygens (including phenoxy) is 2. The lowest BCUT2D eigenvalue weighted by molar-refractivity contribution is 0.122. The second-order valence-corrected chi connectivity index (χ2v) is 5.93. The number of anilines is 2. The van der Waals surface area contributed by atoms with Gasteiger partial charge in [-0.15, -0.1) is 0 Å². The lowest BCUT2D eigenvalue weighted by atomic mass is 10.2. The molecule has 0 saturated carbocycles. The minimum atomic E-state index is 0.444. The van der Waals surface area contributed by atoms with E-state index in [2.05, 4.69) is 19.8 Å². The SMILES string of the molecule is Clc1nc(N2CCOCC2)nc2c(N3CCOCC3)cncc12. The lowest BCUT2D eigenvalue weighted by Crippen LogP contribution is -2.38. The van der Waals surface area contributed by atoms with E-state index in [1.807, 2.05) is 6.20 Å². The van der Waals surface area contributed by atoms with Crippen molar-refractivity contribution in [3.63, 3.8) is 0 Å². The molecule has 0 radical (unpaired) electrons. The van der Waals surface area contributed by atoms with E-state index >= 15 is 0 Å². The zero-order valence-corrected chi connectivity index (χ0v) is 13.5. The summed E-state index contributed by atoms with van der Waals surface area (Å²) in [6.45, 7) is 6.01. The molecule has 2 aliphatic rings. The average molecular weight is 336 g/mol. The highest BCUT2D eigenvalue weighted by atomic mass is 35.5. The van der Waals surface area contributed by atoms with E-state index in [1.165, 1.54) is 0 Å². The summed E-state index contributed by atoms with van der Waals surface area (Å²) in [5.74, 6) is 0.659. The molecule has 0 bridgehead atoms. The predicted octanol–water partition coefficient (Wildman–Crippen LogP) is 1.35. The van der Waals surface area contributed by atoms with Gasteiger partial charge in [-0.05, 0) is 0 Å². The van der Waals surface area contributed by atoms with Crippen molar-refractivity contribution < 1.29 is 9.47 Å². The Labute approximate surface area is 139 Å². The van der Waals surface area contributed by atoms with Gasteiger partial charge in [0.2, 0.25) is 5.95 Å². The Bertz CT molecular complexity index is 702. The van der Waals surface area contributed by atoms with Crippen LogP contribution in [0.3, 0.4) is 0 Å². The monoisotopic (exact) mass is 335 g/mol. The van der Waals surface area contributed by atoms with E-state index in [4.69, 9.17) is 26.1 Å². The van der Waals surface area contributed by atoms with Crippen molar-refractivity contribution >= 4 is 34.1 Å². The summed E-state index contributed by atoms with van der Waals surface area (Å²) in [7, 11) is 0. The molecule has 7 nitrogen and oxygen atoms in total. The van der Waals surface area contributed by atoms with Crippen molar-refractivity contribution in [1.82, 2.24) is 15.0 Å². The first-order valence-corrected chi connectivity index (χ1v) is 8.17. The van der Waals surface area contributed by atoms with Crippen LogP contribution < -0.4 is 9.80 Å². The molecule has 0 aliphatic carbocycles. The summed E-state index contributed by atoms with van der Waals surface area (Å²) in [5.41, 5.74) is 1.84. The van der Waals surface area contributed by atoms with Crippen LogP contribution in [0.25, 0.3) is 10.9 Å². The Hall–Kier alpha value is -1.70. The molecule has 0 spiro atoms. The number of hydrogen-bond acceptors (Lipinski definition) is 7. The number of rotatable bonds is 2. The Morgan fingerprint density at radius 2 is 1.52 bits per heavy atom. The van der Waals surface area contributed by atoms with Gasteiger partial charge in [0.15, 0.2) is 0 Å². The molecule has 8 heteroatoms. The molecule has 4 heterocycles. The van der Waals surface area contributed by atoms with Crippen LogP contribution in [0, 0.1) is 0 Å². The van der Waals surface area contributed by atoms with Gasteiger partial charge in [0.1, 0.15) is 10.7 Å². The molecular weight excluding hydrogens is 318 g/mol. The van der Waals surface area contributed by atoms with E-state index in [-0.39, 0.29) is 0 Å². The van der Waals surface area contributed by atoms with Crippen molar-refractivity contribution in [1.29, 1.82) is 0 Å². The van der Waals surface area contributed by atoms with Gasteiger partial charge in [0.05, 0.1) is 43.7 Å². The number of halogens is 1. The molecule has 4 rings (SSSR count). The highest BCUT2D eigenvalue weighted by Crippen LogP contribution is 2.30. The fourth-order valence-electron chi connectivity index (χ4n) is 2.92. The molecular formula is C15H18ClN5O2. The van der Waals surface area contributed by atoms with Gasteiger partial charge in [-0.2, -0.15) is 0 Å². The molecule has 2 aromatic heterocycles. The molecule has 0 unspecified atom stereocenters. The average Bonchev–Trinajstić information content (AvgIpc) is 2.63. The summed E-state index contributed by atoms with van der Waals surface area (Å²) in [6.07, 6.45) is 3.57. The van der Waals surface area contributed by atoms with E-state index in [0.717, 1.165) is 42.8 Å². The van der Waals surface area contributed by atoms with E-state index < -0.39 is 0 Å². The zero-order chi connectivity index (χ0) is 15.6. The first-order valence-electron chi connectivity index (χ1n) is 7.79. The Kier molecular flexibility index (Phi) is 4.15. The maximum Gasteiger partial charge on any atom is 0.227 e. The molecule has 0 aromatic carbocycles. The molecule has 2 aromatic rings. The van der Waals surface area contributed by atoms with Gasteiger partial charge in [-0.1, -0.05) is 11.6 Å². The first-order chi connectivity index (χ1) is 11.3. The molecule has 122 valence electrons. The summed E-state index contributed by atoms with van der Waals surface area (Å²) in [6, 6.07) is 0. The summed E-state index contributed by atoms with van der Waals surface area (Å²) in [5, 5.41) is 1.23. The Morgan fingerprint density at radius 1 is 0.870 bits per heavy atom. The minimum Gasteiger partial charge on any atom is -0.378 e. The smallest absolute Gasteiger partial charge is 0.227 e. The first kappa shape index (κ1) is 14.9. The fraction of sp³-hybridized carbons (Fsp3) is 0.533. The van der Waals surface area contributed by atoms with Gasteiger partial charge in [-0.3, -0.25) is 4.98 Å². The zero-order valence-electron chi connectivity index (χ0n) is 12.7. The number of morpholine rings is 2. The van der Waals surface area contributed by atoms with Crippen LogP contribution in [-0.4, -0.2) is 67.6 Å². The molecule has 0 N–H and O–H groups in total. The Balaban J connectivity index is 1.78. The van der Waals surface area contributed by atoms with Crippen LogP contribution in [0.1, 0.15) is 0 Å². The fourth-order valence-corrected chi connectivity index (χ4v) is 3.14. The highest BCUT2D eigenvalue weighted by molar-refractivity contribution is 6.34. The third-order valence-electron chi connectivity index (χ3n) is 4.18. The van der Waals surface area contributed by atoms with Crippen molar-refractivity contribution in [3.05, 3.63) is 17.5 Å². The van der Waals surface area contributed by atoms with Crippen molar-refractivity contribution in [2.45, 2.75) is 0 Å². The van der Waals surface area contributed by atoms with Crippen molar-refractivity contribution in [2.24, 2.45) is 0 Å². The van der Waals surface area contributed by atoms with Crippen LogP contribution in [-0.2, 0) is 9.47 Å². The topological polar surface area (TPSA) is 63.6 Å². The van der Waals surface area contributed by atoms with Crippen molar-refractivity contribution in [3.8, 4) is 0 Å². The maximum absolute atomic E-state index is 6.40. The standard InChI is InChI=1S/C15H18ClN5O2/c16-14-11-9-17-10-12(20-1-5-22-6-2-20)13(11)18-15(19-14)21-3-7-23-8-4-21/h9-10H,1-8H2. The van der Waals surface area contributed by atoms with Crippen LogP contribution in [0.15, 0.2) is 12.4 Å². The van der Waals surface area contributed by atoms with Crippen LogP contribution in [0.5, 0.6) is 0 Å². The third-order valence-corrected chi connectivity index (χ3v) is 4.46. The summed E-state index contributed by atoms with van der Waals surface area (Å²) < 4.78 is 10.8. The van der Waals surface area contributed by atoms with E-state index in [9.17, 15) is 0 Å². The number of pyridine rings is 1. The lowest BCUT2D eigenvalue weighted by Gasteiger charge is -2.30. The molecule has 0 amide bonds. The number of nitrogens with zero attached hydrogens (tertiary/aromatic N) is 5. The van der Waals surface area contributed by atoms with Gasteiger partial charge in [-0.25, -0.2) is 9.97 Å². The van der Waals surface area contributed by atoms with Crippen LogP contribution in [0.2, 0.25) is 5.15 Å². The highest BCUT2D eigenvalue weighted by Gasteiger charge is 2.20. The van der Waals surface area contributed by atoms with Gasteiger partial charge in [0.25, 0.3) is 0 Å². The molecule has 2 fully saturated rings. The number of fused-ring (bicyclic) bond motifs is 1. The maximum atomic E-state index is 6.40. The molecule has 0 atom stereocenters. The van der Waals surface area contributed by atoms with Gasteiger partial charge >= 0.3 is 0 Å². The second-order valence-electron chi connectivity index (χ2n) is 5.57. The quantitative estimate of drug-likeness (QED) is 0.768. The van der Waals surface area contributed by atoms with Crippen molar-refractivity contribution in [2.75, 3.05) is 62.4 Å². The predicted molar refractivity (Wildman–Crippen MR) is 88.4 cm³/mol. The molecule has 2 saturated heterocycles. The molecule has 2 aliphatic heterocycles. The van der Waals surface area contributed by atoms with E-state index in [0.29, 0.717) is 37.5 Å². The van der Waals surface area contributed by atoms with Crippen LogP contribution in [0.4, 0.5) is 11.6 Å². The van der Waals surface area contributed by atoms with Gasteiger partial charge in [0, 0.05) is 32.4 Å².